The van der Waals surface area contributed by atoms with Gasteiger partial charge in [-0.1, -0.05) is 42.1 Å². The summed E-state index contributed by atoms with van der Waals surface area (Å²) >= 11 is 1.61. The van der Waals surface area contributed by atoms with Gasteiger partial charge in [-0.25, -0.2) is 4.68 Å². The van der Waals surface area contributed by atoms with Gasteiger partial charge in [-0.05, 0) is 24.0 Å². The summed E-state index contributed by atoms with van der Waals surface area (Å²) in [5.74, 6) is 1.73. The molecule has 2 heterocycles. The van der Waals surface area contributed by atoms with Gasteiger partial charge in [0, 0.05) is 12.2 Å². The molecule has 1 aliphatic carbocycles. The van der Waals surface area contributed by atoms with Crippen molar-refractivity contribution in [3.8, 4) is 0 Å². The first kappa shape index (κ1) is 13.6. The van der Waals surface area contributed by atoms with Gasteiger partial charge in [0.25, 0.3) is 0 Å². The molecular formula is C16H16N4OS. The van der Waals surface area contributed by atoms with Gasteiger partial charge in [-0.15, -0.1) is 5.10 Å². The molecule has 0 amide bonds. The van der Waals surface area contributed by atoms with Gasteiger partial charge in [0.05, 0.1) is 12.2 Å². The Kier molecular flexibility index (Phi) is 3.46. The third-order valence-corrected chi connectivity index (χ3v) is 4.86. The molecule has 0 bridgehead atoms. The van der Waals surface area contributed by atoms with Crippen LogP contribution in [0, 0.1) is 0 Å². The Morgan fingerprint density at radius 2 is 2.09 bits per heavy atom. The smallest absolute Gasteiger partial charge is 0.227 e. The molecule has 0 radical (unpaired) electrons. The molecule has 1 aliphatic heterocycles. The van der Waals surface area contributed by atoms with Crippen molar-refractivity contribution >= 4 is 23.5 Å². The fraction of sp³-hybridized carbons (Fsp3) is 0.312. The van der Waals surface area contributed by atoms with Crippen molar-refractivity contribution in [2.24, 2.45) is 0 Å². The SMILES string of the molecule is O=C1CCCC2=C1Nc1nc(SCc3ccccc3)nn1C2. The molecule has 0 atom stereocenters. The number of fused-ring (bicyclic) bond motifs is 1. The van der Waals surface area contributed by atoms with E-state index in [4.69, 9.17) is 0 Å². The molecule has 1 aromatic carbocycles. The molecule has 0 spiro atoms. The number of hydrogen-bond acceptors (Lipinski definition) is 5. The largest absolute Gasteiger partial charge is 0.321 e. The highest BCUT2D eigenvalue weighted by molar-refractivity contribution is 7.98. The number of hydrogen-bond donors (Lipinski definition) is 1. The lowest BCUT2D eigenvalue weighted by Crippen LogP contribution is -2.26. The fourth-order valence-electron chi connectivity index (χ4n) is 2.83. The zero-order valence-corrected chi connectivity index (χ0v) is 12.9. The molecule has 5 nitrogen and oxygen atoms in total. The molecule has 2 aliphatic rings. The number of thioether (sulfide) groups is 1. The lowest BCUT2D eigenvalue weighted by Gasteiger charge is -2.24. The summed E-state index contributed by atoms with van der Waals surface area (Å²) in [6.07, 6.45) is 2.55. The standard InChI is InChI=1S/C16H16N4OS/c21-13-8-4-7-12-9-20-15(17-14(12)13)18-16(19-20)22-10-11-5-2-1-3-6-11/h1-3,5-6H,4,7-10H2,(H,17,18,19). The Bertz CT molecular complexity index is 751. The van der Waals surface area contributed by atoms with Crippen LogP contribution in [0.3, 0.4) is 0 Å². The van der Waals surface area contributed by atoms with Gasteiger partial charge in [-0.3, -0.25) is 4.79 Å². The van der Waals surface area contributed by atoms with Crippen LogP contribution in [0.2, 0.25) is 0 Å². The van der Waals surface area contributed by atoms with E-state index in [0.29, 0.717) is 18.9 Å². The van der Waals surface area contributed by atoms with Crippen LogP contribution in [0.4, 0.5) is 5.95 Å². The molecule has 1 N–H and O–H groups in total. The first-order valence-electron chi connectivity index (χ1n) is 7.43. The van der Waals surface area contributed by atoms with E-state index < -0.39 is 0 Å². The second-order valence-corrected chi connectivity index (χ2v) is 6.47. The molecule has 0 unspecified atom stereocenters. The van der Waals surface area contributed by atoms with Crippen LogP contribution in [-0.2, 0) is 17.1 Å². The van der Waals surface area contributed by atoms with Crippen molar-refractivity contribution in [2.75, 3.05) is 5.32 Å². The van der Waals surface area contributed by atoms with E-state index in [2.05, 4.69) is 27.5 Å². The van der Waals surface area contributed by atoms with Crippen molar-refractivity contribution in [2.45, 2.75) is 36.7 Å². The number of aromatic nitrogens is 3. The Morgan fingerprint density at radius 3 is 2.95 bits per heavy atom. The van der Waals surface area contributed by atoms with Crippen molar-refractivity contribution in [1.82, 2.24) is 14.8 Å². The normalized spacial score (nSPS) is 17.0. The quantitative estimate of drug-likeness (QED) is 0.883. The maximum absolute atomic E-state index is 12.0. The highest BCUT2D eigenvalue weighted by atomic mass is 32.2. The van der Waals surface area contributed by atoms with Crippen LogP contribution in [0.25, 0.3) is 0 Å². The predicted molar refractivity (Wildman–Crippen MR) is 85.5 cm³/mol. The molecule has 0 fully saturated rings. The molecular weight excluding hydrogens is 296 g/mol. The topological polar surface area (TPSA) is 59.8 Å². The van der Waals surface area contributed by atoms with E-state index in [1.54, 1.807) is 11.8 Å². The Morgan fingerprint density at radius 1 is 1.23 bits per heavy atom. The van der Waals surface area contributed by atoms with E-state index in [1.165, 1.54) is 5.56 Å². The average molecular weight is 312 g/mol. The molecule has 112 valence electrons. The van der Waals surface area contributed by atoms with Crippen LogP contribution in [0.1, 0.15) is 24.8 Å². The Hall–Kier alpha value is -2.08. The summed E-state index contributed by atoms with van der Waals surface area (Å²) in [6.45, 7) is 0.683. The first-order chi connectivity index (χ1) is 10.8. The number of nitrogens with one attached hydrogen (secondary N) is 1. The number of ketones is 1. The monoisotopic (exact) mass is 312 g/mol. The zero-order valence-electron chi connectivity index (χ0n) is 12.1. The highest BCUT2D eigenvalue weighted by Gasteiger charge is 2.27. The second kappa shape index (κ2) is 5.61. The minimum absolute atomic E-state index is 0.203. The summed E-state index contributed by atoms with van der Waals surface area (Å²) in [6, 6.07) is 10.3. The van der Waals surface area contributed by atoms with Crippen LogP contribution < -0.4 is 5.32 Å². The summed E-state index contributed by atoms with van der Waals surface area (Å²) in [5.41, 5.74) is 3.17. The first-order valence-corrected chi connectivity index (χ1v) is 8.42. The molecule has 0 saturated heterocycles. The van der Waals surface area contributed by atoms with Crippen molar-refractivity contribution < 1.29 is 4.79 Å². The van der Waals surface area contributed by atoms with Gasteiger partial charge in [-0.2, -0.15) is 4.98 Å². The Labute approximate surface area is 132 Å². The molecule has 4 rings (SSSR count). The van der Waals surface area contributed by atoms with Gasteiger partial charge in [0.2, 0.25) is 11.1 Å². The minimum atomic E-state index is 0.203. The number of rotatable bonds is 3. The van der Waals surface area contributed by atoms with E-state index >= 15 is 0 Å². The lowest BCUT2D eigenvalue weighted by molar-refractivity contribution is -0.116. The minimum Gasteiger partial charge on any atom is -0.321 e. The number of benzene rings is 1. The summed E-state index contributed by atoms with van der Waals surface area (Å²) in [7, 11) is 0. The van der Waals surface area contributed by atoms with Crippen molar-refractivity contribution in [1.29, 1.82) is 0 Å². The van der Waals surface area contributed by atoms with Gasteiger partial charge in [0.1, 0.15) is 0 Å². The Balaban J connectivity index is 1.50. The summed E-state index contributed by atoms with van der Waals surface area (Å²) < 4.78 is 1.87. The fourth-order valence-corrected chi connectivity index (χ4v) is 3.62. The molecule has 1 aromatic heterocycles. The third-order valence-electron chi connectivity index (χ3n) is 3.96. The highest BCUT2D eigenvalue weighted by Crippen LogP contribution is 2.30. The number of nitrogens with zero attached hydrogens (tertiary/aromatic N) is 3. The van der Waals surface area contributed by atoms with Gasteiger partial charge < -0.3 is 5.32 Å². The number of carbonyl (C=O) groups excluding carboxylic acids is 1. The molecule has 0 saturated carbocycles. The van der Waals surface area contributed by atoms with Crippen molar-refractivity contribution in [3.05, 3.63) is 47.2 Å². The van der Waals surface area contributed by atoms with Crippen LogP contribution in [-0.4, -0.2) is 20.5 Å². The number of anilines is 1. The van der Waals surface area contributed by atoms with Crippen LogP contribution in [0.5, 0.6) is 0 Å². The van der Waals surface area contributed by atoms with Crippen LogP contribution in [0.15, 0.2) is 46.8 Å². The number of carbonyl (C=O) groups is 1. The van der Waals surface area contributed by atoms with Gasteiger partial charge >= 0.3 is 0 Å². The third kappa shape index (κ3) is 2.54. The van der Waals surface area contributed by atoms with Crippen molar-refractivity contribution in [3.63, 3.8) is 0 Å². The molecule has 6 heteroatoms. The van der Waals surface area contributed by atoms with Gasteiger partial charge in [0.15, 0.2) is 5.78 Å². The number of Topliss-reactive ketones (excluding diaryl/α,β-unsaturated/α-hetero) is 1. The lowest BCUT2D eigenvalue weighted by atomic mass is 9.94. The zero-order chi connectivity index (χ0) is 14.9. The second-order valence-electron chi connectivity index (χ2n) is 5.53. The number of allylic oxidation sites excluding steroid dienone is 2. The summed E-state index contributed by atoms with van der Waals surface area (Å²) in [4.78, 5) is 16.5. The van der Waals surface area contributed by atoms with E-state index in [9.17, 15) is 4.79 Å². The molecule has 2 aromatic rings. The predicted octanol–water partition coefficient (Wildman–Crippen LogP) is 3.00. The van der Waals surface area contributed by atoms with Crippen LogP contribution >= 0.6 is 11.8 Å². The summed E-state index contributed by atoms with van der Waals surface area (Å²) in [5, 5.41) is 8.46. The maximum atomic E-state index is 12.0. The van der Waals surface area contributed by atoms with E-state index in [0.717, 1.165) is 35.0 Å². The average Bonchev–Trinajstić information content (AvgIpc) is 2.94. The maximum Gasteiger partial charge on any atom is 0.227 e. The van der Waals surface area contributed by atoms with E-state index in [1.807, 2.05) is 22.9 Å². The molecule has 22 heavy (non-hydrogen) atoms. The van der Waals surface area contributed by atoms with E-state index in [-0.39, 0.29) is 5.78 Å².